The molecule has 1 aliphatic heterocycles. The van der Waals surface area contributed by atoms with Gasteiger partial charge in [0.2, 0.25) is 17.1 Å². The minimum atomic E-state index is -0.467. The number of halogens is 1. The number of oxazole rings is 1. The molecular weight excluding hydrogens is 359 g/mol. The van der Waals surface area contributed by atoms with Gasteiger partial charge in [-0.3, -0.25) is 4.79 Å². The lowest BCUT2D eigenvalue weighted by molar-refractivity contribution is -0.130. The first-order valence-corrected chi connectivity index (χ1v) is 9.70. The molecule has 0 bridgehead atoms. The Balaban J connectivity index is 1.20. The van der Waals surface area contributed by atoms with E-state index in [0.29, 0.717) is 38.6 Å². The number of nitrogens with zero attached hydrogens (tertiary/aromatic N) is 4. The number of benzene rings is 1. The van der Waals surface area contributed by atoms with E-state index < -0.39 is 5.82 Å². The molecule has 5 rings (SSSR count). The summed E-state index contributed by atoms with van der Waals surface area (Å²) < 4.78 is 19.3. The lowest BCUT2D eigenvalue weighted by atomic mass is 10.1. The molecule has 1 saturated heterocycles. The predicted octanol–water partition coefficient (Wildman–Crippen LogP) is 3.13. The molecule has 144 valence electrons. The topological polar surface area (TPSA) is 62.5 Å². The van der Waals surface area contributed by atoms with E-state index in [1.165, 1.54) is 30.7 Å². The third kappa shape index (κ3) is 3.32. The maximum Gasteiger partial charge on any atom is 0.300 e. The van der Waals surface area contributed by atoms with E-state index in [-0.39, 0.29) is 17.1 Å². The number of carbonyl (C=O) groups excluding carboxylic acids is 1. The van der Waals surface area contributed by atoms with Crippen molar-refractivity contribution in [3.05, 3.63) is 53.5 Å². The fraction of sp³-hybridized carbons (Fsp3) is 0.381. The summed E-state index contributed by atoms with van der Waals surface area (Å²) in [6, 6.07) is 10.1. The summed E-state index contributed by atoms with van der Waals surface area (Å²) in [4.78, 5) is 24.7. The van der Waals surface area contributed by atoms with Crippen LogP contribution < -0.4 is 4.90 Å². The van der Waals surface area contributed by atoms with Gasteiger partial charge in [0.05, 0.1) is 6.42 Å². The van der Waals surface area contributed by atoms with E-state index in [0.717, 1.165) is 11.5 Å². The lowest BCUT2D eigenvalue weighted by Crippen LogP contribution is -2.49. The van der Waals surface area contributed by atoms with Gasteiger partial charge in [-0.1, -0.05) is 24.3 Å². The molecule has 1 aromatic carbocycles. The van der Waals surface area contributed by atoms with E-state index >= 15 is 0 Å². The van der Waals surface area contributed by atoms with Crippen LogP contribution in [0.15, 0.2) is 40.9 Å². The first-order chi connectivity index (χ1) is 13.7. The normalized spacial score (nSPS) is 17.3. The minimum Gasteiger partial charge on any atom is -0.418 e. The van der Waals surface area contributed by atoms with Crippen LogP contribution in [0.3, 0.4) is 0 Å². The van der Waals surface area contributed by atoms with Crippen LogP contribution in [-0.2, 0) is 11.2 Å². The van der Waals surface area contributed by atoms with E-state index in [1.54, 1.807) is 0 Å². The third-order valence-electron chi connectivity index (χ3n) is 5.52. The van der Waals surface area contributed by atoms with E-state index in [1.807, 2.05) is 9.80 Å². The van der Waals surface area contributed by atoms with Crippen molar-refractivity contribution in [1.29, 1.82) is 0 Å². The predicted molar refractivity (Wildman–Crippen MR) is 103 cm³/mol. The Hall–Kier alpha value is -2.96. The molecule has 0 N–H and O–H groups in total. The Kier molecular flexibility index (Phi) is 4.22. The number of fused-ring (bicyclic) bond motifs is 1. The van der Waals surface area contributed by atoms with Gasteiger partial charge in [0.15, 0.2) is 5.82 Å². The van der Waals surface area contributed by atoms with Crippen molar-refractivity contribution in [2.75, 3.05) is 31.1 Å². The largest absolute Gasteiger partial charge is 0.418 e. The zero-order chi connectivity index (χ0) is 19.1. The van der Waals surface area contributed by atoms with Gasteiger partial charge < -0.3 is 14.2 Å². The first kappa shape index (κ1) is 17.2. The van der Waals surface area contributed by atoms with Gasteiger partial charge in [-0.2, -0.15) is 4.98 Å². The fourth-order valence-electron chi connectivity index (χ4n) is 3.69. The lowest BCUT2D eigenvalue weighted by Gasteiger charge is -2.33. The zero-order valence-corrected chi connectivity index (χ0v) is 15.5. The van der Waals surface area contributed by atoms with Crippen molar-refractivity contribution in [3.8, 4) is 0 Å². The molecule has 0 atom stereocenters. The quantitative estimate of drug-likeness (QED) is 0.696. The van der Waals surface area contributed by atoms with Crippen molar-refractivity contribution >= 4 is 23.2 Å². The van der Waals surface area contributed by atoms with Gasteiger partial charge in [-0.15, -0.1) is 0 Å². The second-order valence-electron chi connectivity index (χ2n) is 7.50. The number of carbonyl (C=O) groups is 1. The highest BCUT2D eigenvalue weighted by molar-refractivity contribution is 5.79. The summed E-state index contributed by atoms with van der Waals surface area (Å²) in [5.41, 5.74) is 2.78. The fourth-order valence-corrected chi connectivity index (χ4v) is 3.69. The Morgan fingerprint density at radius 3 is 2.54 bits per heavy atom. The summed E-state index contributed by atoms with van der Waals surface area (Å²) in [6.45, 7) is 2.38. The SMILES string of the molecule is O=C(Cc1ccc(C2CC2)cc1)N1CCN(c2nc3nccc(F)c3o2)CC1. The van der Waals surface area contributed by atoms with Crippen molar-refractivity contribution in [3.63, 3.8) is 0 Å². The van der Waals surface area contributed by atoms with E-state index in [4.69, 9.17) is 4.42 Å². The van der Waals surface area contributed by atoms with Crippen LogP contribution in [0.2, 0.25) is 0 Å². The zero-order valence-electron chi connectivity index (χ0n) is 15.5. The highest BCUT2D eigenvalue weighted by Gasteiger charge is 2.26. The maximum atomic E-state index is 13.8. The summed E-state index contributed by atoms with van der Waals surface area (Å²) in [6.07, 6.45) is 4.36. The number of hydrogen-bond donors (Lipinski definition) is 0. The Labute approximate surface area is 162 Å². The molecule has 2 aromatic heterocycles. The summed E-state index contributed by atoms with van der Waals surface area (Å²) in [5.74, 6) is 0.391. The molecule has 0 radical (unpaired) electrons. The van der Waals surface area contributed by atoms with E-state index in [9.17, 15) is 9.18 Å². The number of amides is 1. The standard InChI is InChI=1S/C21H21FN4O2/c22-17-7-8-23-20-19(17)28-21(24-20)26-11-9-25(10-12-26)18(27)13-14-1-3-15(4-2-14)16-5-6-16/h1-4,7-8,16H,5-6,9-13H2. The van der Waals surface area contributed by atoms with E-state index in [2.05, 4.69) is 34.2 Å². The van der Waals surface area contributed by atoms with Crippen molar-refractivity contribution in [2.24, 2.45) is 0 Å². The smallest absolute Gasteiger partial charge is 0.300 e. The Morgan fingerprint density at radius 2 is 1.86 bits per heavy atom. The summed E-state index contributed by atoms with van der Waals surface area (Å²) in [7, 11) is 0. The third-order valence-corrected chi connectivity index (χ3v) is 5.52. The molecule has 1 amide bonds. The number of rotatable bonds is 4. The molecule has 6 nitrogen and oxygen atoms in total. The first-order valence-electron chi connectivity index (χ1n) is 9.70. The number of hydrogen-bond acceptors (Lipinski definition) is 5. The molecule has 2 aliphatic rings. The highest BCUT2D eigenvalue weighted by Crippen LogP contribution is 2.39. The molecule has 1 saturated carbocycles. The number of piperazine rings is 1. The molecule has 0 unspecified atom stereocenters. The Morgan fingerprint density at radius 1 is 1.11 bits per heavy atom. The van der Waals surface area contributed by atoms with Gasteiger partial charge in [-0.25, -0.2) is 9.37 Å². The van der Waals surface area contributed by atoms with Crippen molar-refractivity contribution in [2.45, 2.75) is 25.2 Å². The second-order valence-corrected chi connectivity index (χ2v) is 7.50. The summed E-state index contributed by atoms with van der Waals surface area (Å²) >= 11 is 0. The highest BCUT2D eigenvalue weighted by atomic mass is 19.1. The molecule has 1 aliphatic carbocycles. The summed E-state index contributed by atoms with van der Waals surface area (Å²) in [5, 5.41) is 0. The van der Waals surface area contributed by atoms with Crippen molar-refractivity contribution in [1.82, 2.24) is 14.9 Å². The Bertz CT molecular complexity index is 1000. The van der Waals surface area contributed by atoms with Crippen LogP contribution in [0.1, 0.15) is 29.9 Å². The molecule has 28 heavy (non-hydrogen) atoms. The van der Waals surface area contributed by atoms with Crippen LogP contribution in [0.25, 0.3) is 11.2 Å². The average Bonchev–Trinajstić information content (AvgIpc) is 3.47. The van der Waals surface area contributed by atoms with Gasteiger partial charge in [-0.05, 0) is 36.0 Å². The van der Waals surface area contributed by atoms with Crippen LogP contribution >= 0.6 is 0 Å². The van der Waals surface area contributed by atoms with Gasteiger partial charge >= 0.3 is 0 Å². The number of pyridine rings is 1. The van der Waals surface area contributed by atoms with Crippen LogP contribution in [0.5, 0.6) is 0 Å². The monoisotopic (exact) mass is 380 g/mol. The molecule has 0 spiro atoms. The number of aromatic nitrogens is 2. The van der Waals surface area contributed by atoms with Gasteiger partial charge in [0.1, 0.15) is 0 Å². The molecular formula is C21H21FN4O2. The van der Waals surface area contributed by atoms with Gasteiger partial charge in [0.25, 0.3) is 6.01 Å². The molecule has 3 aromatic rings. The van der Waals surface area contributed by atoms with Crippen molar-refractivity contribution < 1.29 is 13.6 Å². The number of anilines is 1. The average molecular weight is 380 g/mol. The molecule has 2 fully saturated rings. The van der Waals surface area contributed by atoms with Crippen LogP contribution in [-0.4, -0.2) is 47.0 Å². The molecule has 7 heteroatoms. The second kappa shape index (κ2) is 6.89. The minimum absolute atomic E-state index is 0.0747. The van der Waals surface area contributed by atoms with Crippen LogP contribution in [0, 0.1) is 5.82 Å². The van der Waals surface area contributed by atoms with Crippen LogP contribution in [0.4, 0.5) is 10.4 Å². The molecule has 3 heterocycles. The maximum absolute atomic E-state index is 13.8. The van der Waals surface area contributed by atoms with Gasteiger partial charge in [0, 0.05) is 32.4 Å².